The smallest absolute Gasteiger partial charge is 0.161 e. The highest BCUT2D eigenvalue weighted by Gasteiger charge is 2.08. The van der Waals surface area contributed by atoms with Gasteiger partial charge in [-0.05, 0) is 30.2 Å². The number of rotatable bonds is 6. The summed E-state index contributed by atoms with van der Waals surface area (Å²) in [6.45, 7) is 0.685. The number of nitrogens with zero attached hydrogens (tertiary/aromatic N) is 1. The molecule has 2 aromatic rings. The molecule has 2 rings (SSSR count). The van der Waals surface area contributed by atoms with Crippen molar-refractivity contribution in [1.29, 1.82) is 0 Å². The van der Waals surface area contributed by atoms with E-state index in [0.717, 1.165) is 12.2 Å². The third-order valence-corrected chi connectivity index (χ3v) is 3.51. The van der Waals surface area contributed by atoms with E-state index in [-0.39, 0.29) is 0 Å². The second kappa shape index (κ2) is 7.36. The Hall–Kier alpha value is -1.69. The van der Waals surface area contributed by atoms with Crippen molar-refractivity contribution in [3.63, 3.8) is 0 Å². The molecule has 0 saturated carbocycles. The summed E-state index contributed by atoms with van der Waals surface area (Å²) < 4.78 is 5.12. The van der Waals surface area contributed by atoms with Crippen LogP contribution in [0.2, 0.25) is 10.0 Å². The highest BCUT2D eigenvalue weighted by atomic mass is 35.5. The van der Waals surface area contributed by atoms with Gasteiger partial charge in [-0.15, -0.1) is 0 Å². The van der Waals surface area contributed by atoms with Gasteiger partial charge in [-0.2, -0.15) is 0 Å². The van der Waals surface area contributed by atoms with E-state index >= 15 is 0 Å². The number of hydrogen-bond acceptors (Lipinski definition) is 5. The van der Waals surface area contributed by atoms with Crippen molar-refractivity contribution >= 4 is 34.8 Å². The summed E-state index contributed by atoms with van der Waals surface area (Å²) in [5, 5.41) is 3.99. The summed E-state index contributed by atoms with van der Waals surface area (Å²) in [4.78, 5) is 4.22. The standard InChI is InChI=1S/C14H16Cl2N4O/c1-21-10-4-2-9(3-5-10)6-7-18-13-11(15)8-12(16)14(19-13)20-17/h2-5,8H,6-7,17H2,1H3,(H2,18,19,20). The van der Waals surface area contributed by atoms with Crippen molar-refractivity contribution in [2.45, 2.75) is 6.42 Å². The second-order valence-corrected chi connectivity index (χ2v) is 5.13. The zero-order valence-electron chi connectivity index (χ0n) is 11.5. The third-order valence-electron chi connectivity index (χ3n) is 2.93. The molecular formula is C14H16Cl2N4O. The third kappa shape index (κ3) is 4.14. The van der Waals surface area contributed by atoms with Crippen LogP contribution in [-0.4, -0.2) is 18.6 Å². The number of ether oxygens (including phenoxy) is 1. The molecule has 0 amide bonds. The number of methoxy groups -OCH3 is 1. The normalized spacial score (nSPS) is 10.3. The average Bonchev–Trinajstić information content (AvgIpc) is 2.50. The maximum absolute atomic E-state index is 6.09. The van der Waals surface area contributed by atoms with E-state index in [4.69, 9.17) is 33.8 Å². The van der Waals surface area contributed by atoms with Gasteiger partial charge in [-0.1, -0.05) is 35.3 Å². The summed E-state index contributed by atoms with van der Waals surface area (Å²) in [6.07, 6.45) is 0.829. The fourth-order valence-corrected chi connectivity index (χ4v) is 2.29. The van der Waals surface area contributed by atoms with E-state index in [2.05, 4.69) is 15.7 Å². The van der Waals surface area contributed by atoms with Crippen molar-refractivity contribution in [3.05, 3.63) is 45.9 Å². The summed E-state index contributed by atoms with van der Waals surface area (Å²) in [5.74, 6) is 7.10. The fourth-order valence-electron chi connectivity index (χ4n) is 1.81. The van der Waals surface area contributed by atoms with E-state index in [1.807, 2.05) is 24.3 Å². The highest BCUT2D eigenvalue weighted by molar-refractivity contribution is 6.37. The van der Waals surface area contributed by atoms with Crippen LogP contribution in [0.3, 0.4) is 0 Å². The molecule has 1 heterocycles. The van der Waals surface area contributed by atoms with Crippen molar-refractivity contribution in [2.75, 3.05) is 24.4 Å². The minimum absolute atomic E-state index is 0.378. The van der Waals surface area contributed by atoms with E-state index in [9.17, 15) is 0 Å². The molecule has 1 aromatic carbocycles. The maximum Gasteiger partial charge on any atom is 0.161 e. The Morgan fingerprint density at radius 1 is 1.14 bits per heavy atom. The molecule has 1 aromatic heterocycles. The largest absolute Gasteiger partial charge is 0.497 e. The number of nitrogens with two attached hydrogens (primary N) is 1. The topological polar surface area (TPSA) is 72.2 Å². The van der Waals surface area contributed by atoms with Gasteiger partial charge >= 0.3 is 0 Å². The number of hydrazine groups is 1. The number of pyridine rings is 1. The van der Waals surface area contributed by atoms with Gasteiger partial charge < -0.3 is 15.5 Å². The van der Waals surface area contributed by atoms with Crippen molar-refractivity contribution in [2.24, 2.45) is 5.84 Å². The number of nitrogen functional groups attached to an aromatic ring is 1. The number of anilines is 2. The molecule has 0 spiro atoms. The summed E-state index contributed by atoms with van der Waals surface area (Å²) in [5.41, 5.74) is 3.61. The SMILES string of the molecule is COc1ccc(CCNc2nc(NN)c(Cl)cc2Cl)cc1. The van der Waals surface area contributed by atoms with E-state index in [0.29, 0.717) is 28.2 Å². The Bertz CT molecular complexity index is 605. The minimum atomic E-state index is 0.378. The molecule has 0 saturated heterocycles. The lowest BCUT2D eigenvalue weighted by Gasteiger charge is -2.10. The molecule has 4 N–H and O–H groups in total. The predicted octanol–water partition coefficient (Wildman–Crippen LogP) is 3.34. The summed E-state index contributed by atoms with van der Waals surface area (Å²) in [7, 11) is 1.65. The summed E-state index contributed by atoms with van der Waals surface area (Å²) in [6, 6.07) is 9.49. The Morgan fingerprint density at radius 2 is 1.81 bits per heavy atom. The van der Waals surface area contributed by atoms with Gasteiger partial charge in [-0.3, -0.25) is 0 Å². The number of aromatic nitrogens is 1. The molecule has 0 aliphatic rings. The minimum Gasteiger partial charge on any atom is -0.497 e. The van der Waals surface area contributed by atoms with E-state index < -0.39 is 0 Å². The van der Waals surface area contributed by atoms with Crippen molar-refractivity contribution in [1.82, 2.24) is 4.98 Å². The van der Waals surface area contributed by atoms with Crippen LogP contribution in [0.5, 0.6) is 5.75 Å². The zero-order chi connectivity index (χ0) is 15.2. The van der Waals surface area contributed by atoms with Crippen LogP contribution in [0.15, 0.2) is 30.3 Å². The highest BCUT2D eigenvalue weighted by Crippen LogP contribution is 2.28. The van der Waals surface area contributed by atoms with Gasteiger partial charge in [0, 0.05) is 6.54 Å². The van der Waals surface area contributed by atoms with Crippen molar-refractivity contribution < 1.29 is 4.74 Å². The molecule has 0 aliphatic carbocycles. The molecule has 0 aliphatic heterocycles. The zero-order valence-corrected chi connectivity index (χ0v) is 13.0. The quantitative estimate of drug-likeness (QED) is 0.561. The fraction of sp³-hybridized carbons (Fsp3) is 0.214. The Morgan fingerprint density at radius 3 is 2.43 bits per heavy atom. The first kappa shape index (κ1) is 15.7. The van der Waals surface area contributed by atoms with Crippen LogP contribution >= 0.6 is 23.2 Å². The van der Waals surface area contributed by atoms with Gasteiger partial charge in [-0.25, -0.2) is 10.8 Å². The number of benzene rings is 1. The van der Waals surface area contributed by atoms with Crippen molar-refractivity contribution in [3.8, 4) is 5.75 Å². The first-order chi connectivity index (χ1) is 10.1. The molecule has 0 fully saturated rings. The van der Waals surface area contributed by atoms with E-state index in [1.165, 1.54) is 5.56 Å². The Labute approximate surface area is 133 Å². The Kier molecular flexibility index (Phi) is 5.50. The Balaban J connectivity index is 1.96. The van der Waals surface area contributed by atoms with Crippen LogP contribution in [0.4, 0.5) is 11.6 Å². The molecule has 0 unspecified atom stereocenters. The molecule has 0 radical (unpaired) electrons. The number of hydrogen-bond donors (Lipinski definition) is 3. The van der Waals surface area contributed by atoms with Crippen LogP contribution in [0.25, 0.3) is 0 Å². The average molecular weight is 327 g/mol. The molecule has 112 valence electrons. The second-order valence-electron chi connectivity index (χ2n) is 4.32. The van der Waals surface area contributed by atoms with Crippen LogP contribution in [0.1, 0.15) is 5.56 Å². The van der Waals surface area contributed by atoms with E-state index in [1.54, 1.807) is 13.2 Å². The molecular weight excluding hydrogens is 311 g/mol. The van der Waals surface area contributed by atoms with Crippen LogP contribution in [0, 0.1) is 0 Å². The van der Waals surface area contributed by atoms with Gasteiger partial charge in [0.05, 0.1) is 17.2 Å². The lowest BCUT2D eigenvalue weighted by Crippen LogP contribution is -2.12. The summed E-state index contributed by atoms with van der Waals surface area (Å²) >= 11 is 12.0. The lowest BCUT2D eigenvalue weighted by molar-refractivity contribution is 0.414. The molecule has 7 heteroatoms. The van der Waals surface area contributed by atoms with Gasteiger partial charge in [0.2, 0.25) is 0 Å². The van der Waals surface area contributed by atoms with Gasteiger partial charge in [0.15, 0.2) is 5.82 Å². The van der Waals surface area contributed by atoms with Crippen LogP contribution < -0.4 is 21.3 Å². The molecule has 21 heavy (non-hydrogen) atoms. The molecule has 0 bridgehead atoms. The van der Waals surface area contributed by atoms with Gasteiger partial charge in [0.1, 0.15) is 11.6 Å². The van der Waals surface area contributed by atoms with Gasteiger partial charge in [0.25, 0.3) is 0 Å². The monoisotopic (exact) mass is 326 g/mol. The lowest BCUT2D eigenvalue weighted by atomic mass is 10.1. The molecule has 0 atom stereocenters. The first-order valence-electron chi connectivity index (χ1n) is 6.33. The maximum atomic E-state index is 6.09. The first-order valence-corrected chi connectivity index (χ1v) is 7.09. The predicted molar refractivity (Wildman–Crippen MR) is 87.3 cm³/mol. The molecule has 5 nitrogen and oxygen atoms in total. The number of nitrogens with one attached hydrogen (secondary N) is 2. The number of halogens is 2. The van der Waals surface area contributed by atoms with Crippen LogP contribution in [-0.2, 0) is 6.42 Å².